The standard InChI is InChI=1S/C7H8N2.C2H4O/c1-2-4-7-6(3-1)8-5-9-7;1-2-3/h1-4,8-9H,5H2;2H,1H3. The Bertz CT molecular complexity index is 237. The van der Waals surface area contributed by atoms with Crippen LogP contribution >= 0.6 is 0 Å². The third kappa shape index (κ3) is 1.99. The van der Waals surface area contributed by atoms with E-state index < -0.39 is 0 Å². The Hall–Kier alpha value is -1.51. The van der Waals surface area contributed by atoms with Crippen LogP contribution in [-0.4, -0.2) is 13.0 Å². The maximum Gasteiger partial charge on any atom is 0.116 e. The van der Waals surface area contributed by atoms with Crippen LogP contribution < -0.4 is 10.6 Å². The van der Waals surface area contributed by atoms with E-state index in [9.17, 15) is 0 Å². The Balaban J connectivity index is 0.000000213. The van der Waals surface area contributed by atoms with E-state index in [-0.39, 0.29) is 0 Å². The molecule has 0 saturated heterocycles. The largest absolute Gasteiger partial charge is 0.366 e. The van der Waals surface area contributed by atoms with E-state index in [4.69, 9.17) is 4.79 Å². The first kappa shape index (κ1) is 8.59. The van der Waals surface area contributed by atoms with Gasteiger partial charge in [-0.05, 0) is 19.1 Å². The minimum Gasteiger partial charge on any atom is -0.366 e. The zero-order valence-electron chi connectivity index (χ0n) is 7.00. The van der Waals surface area contributed by atoms with Crippen LogP contribution in [0.15, 0.2) is 24.3 Å². The molecule has 0 radical (unpaired) electrons. The molecule has 2 N–H and O–H groups in total. The van der Waals surface area contributed by atoms with E-state index >= 15 is 0 Å². The second-order valence-electron chi connectivity index (χ2n) is 2.31. The number of nitrogens with one attached hydrogen (secondary N) is 2. The van der Waals surface area contributed by atoms with E-state index in [1.807, 2.05) is 12.1 Å². The molecule has 1 aliphatic heterocycles. The third-order valence-electron chi connectivity index (χ3n) is 1.48. The van der Waals surface area contributed by atoms with Crippen LogP contribution in [-0.2, 0) is 4.79 Å². The number of hydrogen-bond donors (Lipinski definition) is 2. The first-order valence-electron chi connectivity index (χ1n) is 3.85. The lowest BCUT2D eigenvalue weighted by Gasteiger charge is -1.93. The zero-order chi connectivity index (χ0) is 8.81. The summed E-state index contributed by atoms with van der Waals surface area (Å²) in [5.41, 5.74) is 2.41. The van der Waals surface area contributed by atoms with E-state index in [0.29, 0.717) is 0 Å². The van der Waals surface area contributed by atoms with Gasteiger partial charge in [-0.3, -0.25) is 0 Å². The number of benzene rings is 1. The maximum absolute atomic E-state index is 8.81. The normalized spacial score (nSPS) is 11.4. The van der Waals surface area contributed by atoms with E-state index in [2.05, 4.69) is 22.8 Å². The van der Waals surface area contributed by atoms with Gasteiger partial charge in [0.05, 0.1) is 18.0 Å². The van der Waals surface area contributed by atoms with Crippen molar-refractivity contribution in [1.82, 2.24) is 0 Å². The first-order valence-corrected chi connectivity index (χ1v) is 3.85. The van der Waals surface area contributed by atoms with Crippen molar-refractivity contribution in [1.29, 1.82) is 0 Å². The topological polar surface area (TPSA) is 41.1 Å². The minimum atomic E-state index is 0.750. The average Bonchev–Trinajstić information content (AvgIpc) is 2.52. The molecule has 0 saturated carbocycles. The van der Waals surface area contributed by atoms with Crippen LogP contribution in [0.2, 0.25) is 0 Å². The second-order valence-corrected chi connectivity index (χ2v) is 2.31. The number of fused-ring (bicyclic) bond motifs is 1. The molecule has 0 unspecified atom stereocenters. The van der Waals surface area contributed by atoms with Gasteiger partial charge in [0, 0.05) is 0 Å². The van der Waals surface area contributed by atoms with Crippen molar-refractivity contribution >= 4 is 17.7 Å². The van der Waals surface area contributed by atoms with Crippen LogP contribution in [0.3, 0.4) is 0 Å². The summed E-state index contributed by atoms with van der Waals surface area (Å²) in [4.78, 5) is 8.81. The van der Waals surface area contributed by atoms with Crippen LogP contribution in [0.1, 0.15) is 6.92 Å². The molecule has 1 aliphatic rings. The molecule has 3 nitrogen and oxygen atoms in total. The van der Waals surface area contributed by atoms with Gasteiger partial charge < -0.3 is 15.4 Å². The molecule has 0 aliphatic carbocycles. The third-order valence-corrected chi connectivity index (χ3v) is 1.48. The Morgan fingerprint density at radius 3 is 2.08 bits per heavy atom. The molecule has 12 heavy (non-hydrogen) atoms. The van der Waals surface area contributed by atoms with Gasteiger partial charge in [-0.1, -0.05) is 12.1 Å². The minimum absolute atomic E-state index is 0.750. The molecule has 64 valence electrons. The summed E-state index contributed by atoms with van der Waals surface area (Å²) in [5, 5.41) is 6.38. The highest BCUT2D eigenvalue weighted by Crippen LogP contribution is 2.23. The summed E-state index contributed by atoms with van der Waals surface area (Å²) in [6, 6.07) is 8.18. The van der Waals surface area contributed by atoms with Gasteiger partial charge in [-0.25, -0.2) is 0 Å². The van der Waals surface area contributed by atoms with Crippen LogP contribution in [0.5, 0.6) is 0 Å². The highest BCUT2D eigenvalue weighted by atomic mass is 16.1. The molecule has 0 bridgehead atoms. The van der Waals surface area contributed by atoms with Gasteiger partial charge in [-0.15, -0.1) is 0 Å². The molecule has 1 aromatic carbocycles. The summed E-state index contributed by atoms with van der Waals surface area (Å²) in [6.07, 6.45) is 0.750. The predicted octanol–water partition coefficient (Wildman–Crippen LogP) is 1.69. The molecule has 0 fully saturated rings. The van der Waals surface area contributed by atoms with Gasteiger partial charge in [0.25, 0.3) is 0 Å². The number of para-hydroxylation sites is 2. The number of carbonyl (C=O) groups excluding carboxylic acids is 1. The monoisotopic (exact) mass is 164 g/mol. The van der Waals surface area contributed by atoms with E-state index in [1.165, 1.54) is 18.3 Å². The average molecular weight is 164 g/mol. The molecule has 0 aromatic heterocycles. The van der Waals surface area contributed by atoms with Crippen molar-refractivity contribution in [3.05, 3.63) is 24.3 Å². The lowest BCUT2D eigenvalue weighted by molar-refractivity contribution is -0.106. The molecular formula is C9H12N2O. The number of rotatable bonds is 0. The number of aldehydes is 1. The molecule has 3 heteroatoms. The van der Waals surface area contributed by atoms with Gasteiger partial charge in [0.1, 0.15) is 6.29 Å². The van der Waals surface area contributed by atoms with Crippen LogP contribution in [0.25, 0.3) is 0 Å². The highest BCUT2D eigenvalue weighted by Gasteiger charge is 2.04. The molecule has 1 heterocycles. The zero-order valence-corrected chi connectivity index (χ0v) is 7.00. The van der Waals surface area contributed by atoms with Crippen molar-refractivity contribution in [2.75, 3.05) is 17.3 Å². The Morgan fingerprint density at radius 1 is 1.25 bits per heavy atom. The van der Waals surface area contributed by atoms with Crippen LogP contribution in [0.4, 0.5) is 11.4 Å². The SMILES string of the molecule is CC=O.c1ccc2c(c1)NCN2. The Morgan fingerprint density at radius 2 is 1.67 bits per heavy atom. The summed E-state index contributed by atoms with van der Waals surface area (Å²) < 4.78 is 0. The van der Waals surface area contributed by atoms with Crippen molar-refractivity contribution in [2.24, 2.45) is 0 Å². The molecule has 2 rings (SSSR count). The molecule has 0 amide bonds. The number of hydrogen-bond acceptors (Lipinski definition) is 3. The van der Waals surface area contributed by atoms with E-state index in [0.717, 1.165) is 13.0 Å². The fourth-order valence-electron chi connectivity index (χ4n) is 1.03. The first-order chi connectivity index (χ1) is 5.88. The van der Waals surface area contributed by atoms with E-state index in [1.54, 1.807) is 0 Å². The number of carbonyl (C=O) groups is 1. The van der Waals surface area contributed by atoms with Gasteiger partial charge in [0.2, 0.25) is 0 Å². The fraction of sp³-hybridized carbons (Fsp3) is 0.222. The lowest BCUT2D eigenvalue weighted by Crippen LogP contribution is -1.98. The fourth-order valence-corrected chi connectivity index (χ4v) is 1.03. The van der Waals surface area contributed by atoms with Crippen molar-refractivity contribution in [2.45, 2.75) is 6.92 Å². The van der Waals surface area contributed by atoms with Gasteiger partial charge in [0.15, 0.2) is 0 Å². The van der Waals surface area contributed by atoms with Gasteiger partial charge >= 0.3 is 0 Å². The molecule has 0 spiro atoms. The lowest BCUT2D eigenvalue weighted by atomic mass is 10.3. The summed E-state index contributed by atoms with van der Waals surface area (Å²) in [7, 11) is 0. The smallest absolute Gasteiger partial charge is 0.116 e. The predicted molar refractivity (Wildman–Crippen MR) is 50.3 cm³/mol. The maximum atomic E-state index is 8.81. The molecular weight excluding hydrogens is 152 g/mol. The number of anilines is 2. The van der Waals surface area contributed by atoms with Crippen molar-refractivity contribution in [3.8, 4) is 0 Å². The van der Waals surface area contributed by atoms with Gasteiger partial charge in [-0.2, -0.15) is 0 Å². The molecule has 1 aromatic rings. The second kappa shape index (κ2) is 4.38. The Labute approximate surface area is 71.8 Å². The summed E-state index contributed by atoms with van der Waals surface area (Å²) >= 11 is 0. The van der Waals surface area contributed by atoms with Crippen molar-refractivity contribution in [3.63, 3.8) is 0 Å². The summed E-state index contributed by atoms with van der Waals surface area (Å²) in [6.45, 7) is 2.30. The summed E-state index contributed by atoms with van der Waals surface area (Å²) in [5.74, 6) is 0. The molecule has 0 atom stereocenters. The Kier molecular flexibility index (Phi) is 3.14. The highest BCUT2D eigenvalue weighted by molar-refractivity contribution is 5.72. The quantitative estimate of drug-likeness (QED) is 0.573. The van der Waals surface area contributed by atoms with Crippen LogP contribution in [0, 0.1) is 0 Å². The van der Waals surface area contributed by atoms with Crippen molar-refractivity contribution < 1.29 is 4.79 Å².